The van der Waals surface area contributed by atoms with Crippen LogP contribution in [0.3, 0.4) is 0 Å². The number of hydrogen-bond donors (Lipinski definition) is 0. The molecule has 0 amide bonds. The molecule has 0 saturated carbocycles. The SMILES string of the molecule is c1ccc(C2OC[C@H]3OC[C@@H]4O[C@@H]4[C@H]3O2)cc1. The van der Waals surface area contributed by atoms with Gasteiger partial charge < -0.3 is 18.9 Å². The summed E-state index contributed by atoms with van der Waals surface area (Å²) in [6.45, 7) is 1.26. The molecule has 0 aliphatic carbocycles. The van der Waals surface area contributed by atoms with Crippen molar-refractivity contribution in [3.8, 4) is 0 Å². The van der Waals surface area contributed by atoms with Crippen molar-refractivity contribution < 1.29 is 18.9 Å². The molecule has 0 aromatic heterocycles. The molecule has 3 saturated heterocycles. The van der Waals surface area contributed by atoms with Crippen molar-refractivity contribution in [3.05, 3.63) is 35.9 Å². The Balaban J connectivity index is 1.53. The fraction of sp³-hybridized carbons (Fsp3) is 0.538. The Kier molecular flexibility index (Phi) is 2.23. The lowest BCUT2D eigenvalue weighted by atomic mass is 10.0. The van der Waals surface area contributed by atoms with E-state index in [0.717, 1.165) is 5.56 Å². The van der Waals surface area contributed by atoms with E-state index in [0.29, 0.717) is 13.2 Å². The Bertz CT molecular complexity index is 407. The van der Waals surface area contributed by atoms with Crippen molar-refractivity contribution in [2.75, 3.05) is 13.2 Å². The highest BCUT2D eigenvalue weighted by Gasteiger charge is 2.55. The zero-order valence-electron chi connectivity index (χ0n) is 9.32. The third kappa shape index (κ3) is 1.68. The highest BCUT2D eigenvalue weighted by molar-refractivity contribution is 5.17. The first kappa shape index (κ1) is 10.0. The summed E-state index contributed by atoms with van der Waals surface area (Å²) in [6.07, 6.45) is 0.213. The summed E-state index contributed by atoms with van der Waals surface area (Å²) in [6, 6.07) is 9.99. The summed E-state index contributed by atoms with van der Waals surface area (Å²) in [4.78, 5) is 0. The lowest BCUT2D eigenvalue weighted by Crippen LogP contribution is -2.49. The molecule has 4 nitrogen and oxygen atoms in total. The molecule has 0 radical (unpaired) electrons. The molecular weight excluding hydrogens is 220 g/mol. The zero-order valence-corrected chi connectivity index (χ0v) is 9.32. The molecule has 1 aromatic rings. The van der Waals surface area contributed by atoms with Gasteiger partial charge in [0, 0.05) is 5.56 Å². The molecule has 0 N–H and O–H groups in total. The molecular formula is C13H14O4. The molecule has 17 heavy (non-hydrogen) atoms. The number of rotatable bonds is 1. The summed E-state index contributed by atoms with van der Waals surface area (Å²) in [5, 5.41) is 0. The molecule has 0 bridgehead atoms. The number of benzene rings is 1. The van der Waals surface area contributed by atoms with Gasteiger partial charge in [0.15, 0.2) is 6.29 Å². The fourth-order valence-corrected chi connectivity index (χ4v) is 2.56. The highest BCUT2D eigenvalue weighted by Crippen LogP contribution is 2.40. The molecule has 3 heterocycles. The van der Waals surface area contributed by atoms with E-state index in [-0.39, 0.29) is 30.7 Å². The van der Waals surface area contributed by atoms with E-state index in [2.05, 4.69) is 0 Å². The predicted molar refractivity (Wildman–Crippen MR) is 58.4 cm³/mol. The minimum atomic E-state index is -0.288. The van der Waals surface area contributed by atoms with Gasteiger partial charge in [0.05, 0.1) is 13.2 Å². The Morgan fingerprint density at radius 2 is 1.59 bits per heavy atom. The number of epoxide rings is 1. The van der Waals surface area contributed by atoms with E-state index in [1.165, 1.54) is 0 Å². The van der Waals surface area contributed by atoms with Gasteiger partial charge in [0.25, 0.3) is 0 Å². The average molecular weight is 234 g/mol. The van der Waals surface area contributed by atoms with Crippen molar-refractivity contribution in [2.24, 2.45) is 0 Å². The van der Waals surface area contributed by atoms with Gasteiger partial charge in [-0.3, -0.25) is 0 Å². The number of hydrogen-bond acceptors (Lipinski definition) is 4. The van der Waals surface area contributed by atoms with E-state index in [4.69, 9.17) is 18.9 Å². The second kappa shape index (κ2) is 3.78. The lowest BCUT2D eigenvalue weighted by Gasteiger charge is -2.37. The Labute approximate surface area is 99.4 Å². The molecule has 1 unspecified atom stereocenters. The Hall–Kier alpha value is -0.940. The number of fused-ring (bicyclic) bond motifs is 3. The van der Waals surface area contributed by atoms with Crippen LogP contribution in [0.25, 0.3) is 0 Å². The van der Waals surface area contributed by atoms with Crippen LogP contribution in [0.5, 0.6) is 0 Å². The Morgan fingerprint density at radius 3 is 2.47 bits per heavy atom. The highest BCUT2D eigenvalue weighted by atomic mass is 16.7. The molecule has 90 valence electrons. The maximum Gasteiger partial charge on any atom is 0.184 e. The molecule has 5 atom stereocenters. The topological polar surface area (TPSA) is 40.2 Å². The van der Waals surface area contributed by atoms with Crippen LogP contribution in [0.15, 0.2) is 30.3 Å². The summed E-state index contributed by atoms with van der Waals surface area (Å²) in [5.74, 6) is 0. The van der Waals surface area contributed by atoms with Crippen LogP contribution in [0.2, 0.25) is 0 Å². The van der Waals surface area contributed by atoms with Gasteiger partial charge in [-0.25, -0.2) is 0 Å². The molecule has 0 spiro atoms. The van der Waals surface area contributed by atoms with Crippen LogP contribution < -0.4 is 0 Å². The Morgan fingerprint density at radius 1 is 0.824 bits per heavy atom. The van der Waals surface area contributed by atoms with Crippen LogP contribution in [-0.2, 0) is 18.9 Å². The van der Waals surface area contributed by atoms with Crippen molar-refractivity contribution in [1.29, 1.82) is 0 Å². The fourth-order valence-electron chi connectivity index (χ4n) is 2.56. The number of ether oxygens (including phenoxy) is 4. The van der Waals surface area contributed by atoms with Crippen LogP contribution in [0.1, 0.15) is 11.9 Å². The predicted octanol–water partition coefficient (Wildman–Crippen LogP) is 1.27. The van der Waals surface area contributed by atoms with Gasteiger partial charge >= 0.3 is 0 Å². The molecule has 3 aliphatic rings. The minimum absolute atomic E-state index is 0.0210. The van der Waals surface area contributed by atoms with Crippen LogP contribution in [0.4, 0.5) is 0 Å². The molecule has 1 aromatic carbocycles. The molecule has 4 rings (SSSR count). The average Bonchev–Trinajstić information content (AvgIpc) is 3.19. The van der Waals surface area contributed by atoms with E-state index >= 15 is 0 Å². The van der Waals surface area contributed by atoms with Crippen LogP contribution in [0, 0.1) is 0 Å². The first-order valence-electron chi connectivity index (χ1n) is 6.01. The van der Waals surface area contributed by atoms with Crippen LogP contribution in [-0.4, -0.2) is 37.6 Å². The third-order valence-electron chi connectivity index (χ3n) is 3.55. The lowest BCUT2D eigenvalue weighted by molar-refractivity contribution is -0.273. The monoisotopic (exact) mass is 234 g/mol. The normalized spacial score (nSPS) is 43.6. The first-order chi connectivity index (χ1) is 8.42. The van der Waals surface area contributed by atoms with Gasteiger partial charge in [-0.2, -0.15) is 0 Å². The van der Waals surface area contributed by atoms with E-state index in [9.17, 15) is 0 Å². The van der Waals surface area contributed by atoms with E-state index in [1.54, 1.807) is 0 Å². The second-order valence-electron chi connectivity index (χ2n) is 4.69. The minimum Gasteiger partial charge on any atom is -0.370 e. The maximum atomic E-state index is 5.96. The first-order valence-corrected chi connectivity index (χ1v) is 6.01. The van der Waals surface area contributed by atoms with Crippen molar-refractivity contribution in [2.45, 2.75) is 30.7 Å². The standard InChI is InChI=1S/C13H14O4/c1-2-4-8(5-3-1)13-15-6-9-11(17-13)12-10(16-12)7-14-9/h1-5,9-13H,6-7H2/t9-,10+,11+,12+,13?/m1/s1. The summed E-state index contributed by atoms with van der Waals surface area (Å²) in [7, 11) is 0. The van der Waals surface area contributed by atoms with Gasteiger partial charge in [-0.1, -0.05) is 30.3 Å². The molecule has 3 fully saturated rings. The van der Waals surface area contributed by atoms with Crippen molar-refractivity contribution in [1.82, 2.24) is 0 Å². The third-order valence-corrected chi connectivity index (χ3v) is 3.55. The van der Waals surface area contributed by atoms with Gasteiger partial charge in [-0.15, -0.1) is 0 Å². The van der Waals surface area contributed by atoms with Gasteiger partial charge in [-0.05, 0) is 0 Å². The van der Waals surface area contributed by atoms with Crippen molar-refractivity contribution in [3.63, 3.8) is 0 Å². The largest absolute Gasteiger partial charge is 0.370 e. The quantitative estimate of drug-likeness (QED) is 0.686. The van der Waals surface area contributed by atoms with E-state index in [1.807, 2.05) is 30.3 Å². The summed E-state index contributed by atoms with van der Waals surface area (Å²) >= 11 is 0. The summed E-state index contributed by atoms with van der Waals surface area (Å²) in [5.41, 5.74) is 1.05. The molecule has 4 heteroatoms. The van der Waals surface area contributed by atoms with Crippen molar-refractivity contribution >= 4 is 0 Å². The van der Waals surface area contributed by atoms with E-state index < -0.39 is 0 Å². The second-order valence-corrected chi connectivity index (χ2v) is 4.69. The summed E-state index contributed by atoms with van der Waals surface area (Å²) < 4.78 is 22.8. The van der Waals surface area contributed by atoms with Gasteiger partial charge in [0.2, 0.25) is 0 Å². The smallest absolute Gasteiger partial charge is 0.184 e. The van der Waals surface area contributed by atoms with Gasteiger partial charge in [0.1, 0.15) is 24.4 Å². The zero-order chi connectivity index (χ0) is 11.2. The molecule has 3 aliphatic heterocycles. The maximum absolute atomic E-state index is 5.96. The van der Waals surface area contributed by atoms with Crippen LogP contribution >= 0.6 is 0 Å².